The zero-order chi connectivity index (χ0) is 25.2. The van der Waals surface area contributed by atoms with Gasteiger partial charge in [-0.3, -0.25) is 14.4 Å². The molecule has 10 nitrogen and oxygen atoms in total. The molecule has 35 heavy (non-hydrogen) atoms. The molecule has 0 aliphatic rings. The summed E-state index contributed by atoms with van der Waals surface area (Å²) in [5.74, 6) is -1.08. The summed E-state index contributed by atoms with van der Waals surface area (Å²) in [7, 11) is 1.43. The average Bonchev–Trinajstić information content (AvgIpc) is 3.34. The lowest BCUT2D eigenvalue weighted by atomic mass is 10.2. The second-order valence-electron chi connectivity index (χ2n) is 6.87. The fraction of sp³-hybridized carbons (Fsp3) is 0.130. The minimum atomic E-state index is -0.938. The van der Waals surface area contributed by atoms with Gasteiger partial charge in [-0.1, -0.05) is 23.2 Å². The second kappa shape index (κ2) is 12.4. The maximum absolute atomic E-state index is 12.2. The van der Waals surface area contributed by atoms with Gasteiger partial charge in [0, 0.05) is 15.7 Å². The van der Waals surface area contributed by atoms with E-state index < -0.39 is 17.7 Å². The number of hydrogen-bond acceptors (Lipinski definition) is 7. The molecule has 0 fully saturated rings. The summed E-state index contributed by atoms with van der Waals surface area (Å²) >= 11 is 11.8. The first-order valence-electron chi connectivity index (χ1n) is 10.0. The zero-order valence-corrected chi connectivity index (χ0v) is 19.9. The van der Waals surface area contributed by atoms with Crippen LogP contribution in [0.4, 0.5) is 5.69 Å². The summed E-state index contributed by atoms with van der Waals surface area (Å²) in [6.07, 6.45) is 2.78. The molecule has 3 aromatic rings. The van der Waals surface area contributed by atoms with Crippen molar-refractivity contribution in [3.05, 3.63) is 76.2 Å². The van der Waals surface area contributed by atoms with E-state index >= 15 is 0 Å². The van der Waals surface area contributed by atoms with Crippen molar-refractivity contribution in [2.24, 2.45) is 5.10 Å². The molecule has 3 amide bonds. The van der Waals surface area contributed by atoms with Crippen LogP contribution in [-0.2, 0) is 20.9 Å². The van der Waals surface area contributed by atoms with Crippen molar-refractivity contribution >= 4 is 52.8 Å². The monoisotopic (exact) mass is 518 g/mol. The van der Waals surface area contributed by atoms with Gasteiger partial charge in [0.15, 0.2) is 18.1 Å². The Bertz CT molecular complexity index is 1210. The number of rotatable bonds is 9. The van der Waals surface area contributed by atoms with Gasteiger partial charge in [-0.15, -0.1) is 0 Å². The molecule has 0 aliphatic heterocycles. The number of carbonyl (C=O) groups is 3. The Balaban J connectivity index is 1.50. The molecule has 0 bridgehead atoms. The third-order valence-electron chi connectivity index (χ3n) is 4.28. The first kappa shape index (κ1) is 25.6. The van der Waals surface area contributed by atoms with Gasteiger partial charge in [0.1, 0.15) is 5.76 Å². The van der Waals surface area contributed by atoms with E-state index in [-0.39, 0.29) is 13.2 Å². The predicted molar refractivity (Wildman–Crippen MR) is 130 cm³/mol. The second-order valence-corrected chi connectivity index (χ2v) is 7.74. The number of hydrazone groups is 1. The maximum atomic E-state index is 12.2. The van der Waals surface area contributed by atoms with Crippen LogP contribution < -0.4 is 25.5 Å². The highest BCUT2D eigenvalue weighted by Gasteiger charge is 2.13. The van der Waals surface area contributed by atoms with Crippen molar-refractivity contribution in [2.75, 3.05) is 19.0 Å². The molecule has 0 spiro atoms. The molecule has 2 aromatic carbocycles. The lowest BCUT2D eigenvalue weighted by Gasteiger charge is -2.12. The first-order valence-corrected chi connectivity index (χ1v) is 10.8. The smallest absolute Gasteiger partial charge is 0.329 e. The Labute approximate surface area is 210 Å². The van der Waals surface area contributed by atoms with Gasteiger partial charge in [-0.2, -0.15) is 5.10 Å². The number of methoxy groups -OCH3 is 1. The predicted octanol–water partition coefficient (Wildman–Crippen LogP) is 3.38. The van der Waals surface area contributed by atoms with E-state index in [4.69, 9.17) is 37.1 Å². The van der Waals surface area contributed by atoms with Crippen LogP contribution in [-0.4, -0.2) is 37.7 Å². The minimum absolute atomic E-state index is 0.0759. The van der Waals surface area contributed by atoms with Crippen molar-refractivity contribution in [1.29, 1.82) is 0 Å². The van der Waals surface area contributed by atoms with Crippen molar-refractivity contribution in [2.45, 2.75) is 6.54 Å². The molecule has 3 N–H and O–H groups in total. The van der Waals surface area contributed by atoms with Crippen molar-refractivity contribution in [3.8, 4) is 11.5 Å². The van der Waals surface area contributed by atoms with Gasteiger partial charge < -0.3 is 24.5 Å². The fourth-order valence-electron chi connectivity index (χ4n) is 2.73. The number of amides is 3. The average molecular weight is 519 g/mol. The van der Waals surface area contributed by atoms with Crippen LogP contribution in [0.5, 0.6) is 11.5 Å². The summed E-state index contributed by atoms with van der Waals surface area (Å²) in [5.41, 5.74) is 3.11. The number of ether oxygens (including phenoxy) is 2. The minimum Gasteiger partial charge on any atom is -0.493 e. The van der Waals surface area contributed by atoms with Gasteiger partial charge in [0.2, 0.25) is 0 Å². The lowest BCUT2D eigenvalue weighted by molar-refractivity contribution is -0.139. The Kier molecular flexibility index (Phi) is 9.10. The Hall–Kier alpha value is -4.02. The van der Waals surface area contributed by atoms with Crippen LogP contribution in [0.1, 0.15) is 11.3 Å². The van der Waals surface area contributed by atoms with Crippen molar-refractivity contribution in [3.63, 3.8) is 0 Å². The normalized spacial score (nSPS) is 10.6. The summed E-state index contributed by atoms with van der Waals surface area (Å²) in [4.78, 5) is 35.8. The molecule has 1 heterocycles. The standard InChI is InChI=1S/C23H20Cl2N4O6/c1-33-20-7-14(11-27-29-23(32)22(31)26-12-18-3-2-6-34-18)4-5-19(20)35-13-21(30)28-17-9-15(24)8-16(25)10-17/h2-11H,12-13H2,1H3,(H,26,31)(H,28,30)(H,29,32)/b27-11-. The highest BCUT2D eigenvalue weighted by Crippen LogP contribution is 2.28. The Morgan fingerprint density at radius 3 is 2.49 bits per heavy atom. The molecule has 182 valence electrons. The Morgan fingerprint density at radius 2 is 1.80 bits per heavy atom. The number of furan rings is 1. The molecule has 3 rings (SSSR count). The molecule has 1 aromatic heterocycles. The van der Waals surface area contributed by atoms with E-state index in [1.54, 1.807) is 48.5 Å². The third kappa shape index (κ3) is 8.05. The van der Waals surface area contributed by atoms with Crippen LogP contribution in [0.3, 0.4) is 0 Å². The first-order chi connectivity index (χ1) is 16.8. The van der Waals surface area contributed by atoms with E-state index in [1.165, 1.54) is 19.6 Å². The molecule has 0 aliphatic carbocycles. The maximum Gasteiger partial charge on any atom is 0.329 e. The van der Waals surface area contributed by atoms with Crippen molar-refractivity contribution in [1.82, 2.24) is 10.7 Å². The SMILES string of the molecule is COc1cc(/C=N\NC(=O)C(=O)NCc2ccco2)ccc1OCC(=O)Nc1cc(Cl)cc(Cl)c1. The van der Waals surface area contributed by atoms with Crippen LogP contribution in [0.15, 0.2) is 64.3 Å². The molecular formula is C23H20Cl2N4O6. The van der Waals surface area contributed by atoms with Gasteiger partial charge in [0.25, 0.3) is 5.91 Å². The van der Waals surface area contributed by atoms with Crippen molar-refractivity contribution < 1.29 is 28.3 Å². The van der Waals surface area contributed by atoms with E-state index in [1.807, 2.05) is 0 Å². The molecular weight excluding hydrogens is 499 g/mol. The van der Waals surface area contributed by atoms with E-state index in [9.17, 15) is 14.4 Å². The number of anilines is 1. The number of carbonyl (C=O) groups excluding carboxylic acids is 3. The number of hydrogen-bond donors (Lipinski definition) is 3. The molecule has 0 radical (unpaired) electrons. The number of nitrogens with one attached hydrogen (secondary N) is 3. The highest BCUT2D eigenvalue weighted by molar-refractivity contribution is 6.35. The molecule has 0 saturated carbocycles. The quantitative estimate of drug-likeness (QED) is 0.226. The highest BCUT2D eigenvalue weighted by atomic mass is 35.5. The molecule has 12 heteroatoms. The summed E-state index contributed by atoms with van der Waals surface area (Å²) in [5, 5.41) is 9.57. The van der Waals surface area contributed by atoms with Crippen LogP contribution in [0.25, 0.3) is 0 Å². The number of halogens is 2. The summed E-state index contributed by atoms with van der Waals surface area (Å²) in [6, 6.07) is 12.8. The number of nitrogens with zero attached hydrogens (tertiary/aromatic N) is 1. The summed E-state index contributed by atoms with van der Waals surface area (Å²) in [6.45, 7) is -0.219. The van der Waals surface area contributed by atoms with Gasteiger partial charge in [-0.25, -0.2) is 5.43 Å². The topological polar surface area (TPSA) is 131 Å². The van der Waals surface area contributed by atoms with Crippen LogP contribution in [0, 0.1) is 0 Å². The Morgan fingerprint density at radius 1 is 1.03 bits per heavy atom. The molecule has 0 atom stereocenters. The molecule has 0 saturated heterocycles. The molecule has 0 unspecified atom stereocenters. The van der Waals surface area contributed by atoms with E-state index in [2.05, 4.69) is 21.2 Å². The fourth-order valence-corrected chi connectivity index (χ4v) is 3.25. The lowest BCUT2D eigenvalue weighted by Crippen LogP contribution is -2.37. The largest absolute Gasteiger partial charge is 0.493 e. The van der Waals surface area contributed by atoms with E-state index in [0.29, 0.717) is 38.6 Å². The van der Waals surface area contributed by atoms with Crippen LogP contribution in [0.2, 0.25) is 10.0 Å². The third-order valence-corrected chi connectivity index (χ3v) is 4.72. The van der Waals surface area contributed by atoms with E-state index in [0.717, 1.165) is 0 Å². The zero-order valence-electron chi connectivity index (χ0n) is 18.3. The summed E-state index contributed by atoms with van der Waals surface area (Å²) < 4.78 is 15.9. The number of benzene rings is 2. The van der Waals surface area contributed by atoms with Gasteiger partial charge in [0.05, 0.1) is 26.1 Å². The van der Waals surface area contributed by atoms with Gasteiger partial charge >= 0.3 is 11.8 Å². The van der Waals surface area contributed by atoms with Gasteiger partial charge in [-0.05, 0) is 54.1 Å². The van der Waals surface area contributed by atoms with Crippen LogP contribution >= 0.6 is 23.2 Å².